The van der Waals surface area contributed by atoms with Gasteiger partial charge in [0, 0.05) is 12.5 Å². The van der Waals surface area contributed by atoms with Gasteiger partial charge in [-0.05, 0) is 12.1 Å². The van der Waals surface area contributed by atoms with Crippen molar-refractivity contribution in [1.82, 2.24) is 14.9 Å². The molecule has 0 radical (unpaired) electrons. The van der Waals surface area contributed by atoms with Crippen LogP contribution < -0.4 is 10.5 Å². The number of benzene rings is 1. The predicted molar refractivity (Wildman–Crippen MR) is 80.4 cm³/mol. The highest BCUT2D eigenvalue weighted by atomic mass is 35.5. The predicted octanol–water partition coefficient (Wildman–Crippen LogP) is 1.14. The Bertz CT molecular complexity index is 789. The normalized spacial score (nSPS) is 11.5. The van der Waals surface area contributed by atoms with Crippen molar-refractivity contribution in [1.29, 1.82) is 0 Å². The Kier molecular flexibility index (Phi) is 4.57. The van der Waals surface area contributed by atoms with Gasteiger partial charge in [0.2, 0.25) is 15.9 Å². The summed E-state index contributed by atoms with van der Waals surface area (Å²) < 4.78 is 31.6. The van der Waals surface area contributed by atoms with Crippen molar-refractivity contribution < 1.29 is 12.9 Å². The zero-order valence-corrected chi connectivity index (χ0v) is 13.2. The fourth-order valence-corrected chi connectivity index (χ4v) is 3.14. The van der Waals surface area contributed by atoms with E-state index in [1.54, 1.807) is 13.0 Å². The molecule has 0 aliphatic rings. The van der Waals surface area contributed by atoms with Crippen molar-refractivity contribution in [3.63, 3.8) is 0 Å². The van der Waals surface area contributed by atoms with Gasteiger partial charge in [-0.3, -0.25) is 0 Å². The zero-order valence-electron chi connectivity index (χ0n) is 10.8. The Balaban J connectivity index is 2.26. The monoisotopic (exact) mass is 346 g/mol. The summed E-state index contributed by atoms with van der Waals surface area (Å²) in [6, 6.07) is 4.28. The first-order chi connectivity index (χ1) is 9.79. The molecule has 0 unspecified atom stereocenters. The average Bonchev–Trinajstić information content (AvgIpc) is 2.82. The third kappa shape index (κ3) is 3.76. The van der Waals surface area contributed by atoms with E-state index < -0.39 is 10.0 Å². The van der Waals surface area contributed by atoms with Crippen LogP contribution in [0.2, 0.25) is 5.02 Å². The highest BCUT2D eigenvalue weighted by Gasteiger charge is 2.19. The summed E-state index contributed by atoms with van der Waals surface area (Å²) in [5, 5.41) is 3.66. The lowest BCUT2D eigenvalue weighted by molar-refractivity contribution is 0.387. The van der Waals surface area contributed by atoms with Crippen molar-refractivity contribution in [3.8, 4) is 0 Å². The van der Waals surface area contributed by atoms with Crippen LogP contribution >= 0.6 is 23.8 Å². The van der Waals surface area contributed by atoms with E-state index in [9.17, 15) is 8.42 Å². The van der Waals surface area contributed by atoms with Gasteiger partial charge in [-0.25, -0.2) is 13.1 Å². The van der Waals surface area contributed by atoms with Gasteiger partial charge >= 0.3 is 0 Å². The minimum absolute atomic E-state index is 0.0618. The van der Waals surface area contributed by atoms with E-state index in [2.05, 4.69) is 14.9 Å². The highest BCUT2D eigenvalue weighted by molar-refractivity contribution is 7.89. The molecule has 0 fully saturated rings. The van der Waals surface area contributed by atoms with Crippen molar-refractivity contribution in [2.75, 3.05) is 0 Å². The third-order valence-corrected chi connectivity index (χ3v) is 4.61. The Morgan fingerprint density at radius 2 is 2.24 bits per heavy atom. The molecule has 0 atom stereocenters. The highest BCUT2D eigenvalue weighted by Crippen LogP contribution is 2.22. The number of nitrogens with zero attached hydrogens (tertiary/aromatic N) is 2. The molecule has 1 heterocycles. The van der Waals surface area contributed by atoms with Gasteiger partial charge < -0.3 is 10.3 Å². The molecule has 21 heavy (non-hydrogen) atoms. The molecule has 0 saturated heterocycles. The number of aromatic nitrogens is 2. The van der Waals surface area contributed by atoms with Gasteiger partial charge in [-0.1, -0.05) is 35.0 Å². The quantitative estimate of drug-likeness (QED) is 0.781. The van der Waals surface area contributed by atoms with E-state index in [-0.39, 0.29) is 27.3 Å². The van der Waals surface area contributed by atoms with Crippen molar-refractivity contribution in [3.05, 3.63) is 40.5 Å². The number of nitrogens with one attached hydrogen (secondary N) is 1. The van der Waals surface area contributed by atoms with E-state index in [4.69, 9.17) is 34.1 Å². The van der Waals surface area contributed by atoms with Crippen LogP contribution in [-0.4, -0.2) is 23.5 Å². The van der Waals surface area contributed by atoms with E-state index >= 15 is 0 Å². The van der Waals surface area contributed by atoms with Crippen LogP contribution in [0.25, 0.3) is 0 Å². The summed E-state index contributed by atoms with van der Waals surface area (Å²) in [5.41, 5.74) is 5.89. The van der Waals surface area contributed by atoms with Gasteiger partial charge in [0.05, 0.1) is 11.6 Å². The van der Waals surface area contributed by atoms with Crippen LogP contribution in [0.5, 0.6) is 0 Å². The second kappa shape index (κ2) is 6.06. The third-order valence-electron chi connectivity index (χ3n) is 2.50. The van der Waals surface area contributed by atoms with Crippen molar-refractivity contribution in [2.24, 2.45) is 5.73 Å². The molecule has 1 aromatic carbocycles. The molecule has 0 spiro atoms. The largest absolute Gasteiger partial charge is 0.389 e. The number of sulfonamides is 1. The molecule has 0 saturated carbocycles. The number of rotatable bonds is 5. The number of aryl methyl sites for hydroxylation is 1. The molecule has 112 valence electrons. The molecular weight excluding hydrogens is 336 g/mol. The topological polar surface area (TPSA) is 111 Å². The number of thiocarbonyl (C=S) groups is 1. The maximum Gasteiger partial charge on any atom is 0.242 e. The zero-order chi connectivity index (χ0) is 15.6. The van der Waals surface area contributed by atoms with E-state index in [1.807, 2.05) is 0 Å². The maximum atomic E-state index is 12.2. The van der Waals surface area contributed by atoms with Crippen LogP contribution in [0.15, 0.2) is 27.6 Å². The van der Waals surface area contributed by atoms with Crippen LogP contribution in [0.1, 0.15) is 17.3 Å². The lowest BCUT2D eigenvalue weighted by atomic mass is 10.2. The fraction of sp³-hybridized carbons (Fsp3) is 0.182. The smallest absolute Gasteiger partial charge is 0.242 e. The Morgan fingerprint density at radius 1 is 1.52 bits per heavy atom. The molecule has 2 aromatic rings. The fourth-order valence-electron chi connectivity index (χ4n) is 1.51. The van der Waals surface area contributed by atoms with Crippen LogP contribution in [0, 0.1) is 6.92 Å². The summed E-state index contributed by atoms with van der Waals surface area (Å²) in [6.45, 7) is 1.49. The van der Waals surface area contributed by atoms with E-state index in [0.717, 1.165) is 0 Å². The molecule has 0 aliphatic heterocycles. The first kappa shape index (κ1) is 15.8. The molecule has 1 aromatic heterocycles. The number of halogens is 1. The van der Waals surface area contributed by atoms with Crippen molar-refractivity contribution >= 4 is 38.8 Å². The number of nitrogens with two attached hydrogens (primary N) is 1. The Hall–Kier alpha value is -1.55. The summed E-state index contributed by atoms with van der Waals surface area (Å²) >= 11 is 10.7. The second-order valence-corrected chi connectivity index (χ2v) is 6.65. The summed E-state index contributed by atoms with van der Waals surface area (Å²) in [4.78, 5) is 3.86. The lowest BCUT2D eigenvalue weighted by Gasteiger charge is -2.08. The van der Waals surface area contributed by atoms with Gasteiger partial charge in [0.15, 0.2) is 5.82 Å². The number of hydrogen-bond donors (Lipinski definition) is 2. The van der Waals surface area contributed by atoms with Crippen LogP contribution in [-0.2, 0) is 16.6 Å². The maximum absolute atomic E-state index is 12.2. The average molecular weight is 347 g/mol. The SMILES string of the molecule is Cc1nc(CNS(=O)(=O)c2cc(C(N)=S)ccc2Cl)no1. The summed E-state index contributed by atoms with van der Waals surface area (Å²) in [6.07, 6.45) is 0. The van der Waals surface area contributed by atoms with Gasteiger partial charge in [0.1, 0.15) is 9.88 Å². The summed E-state index contributed by atoms with van der Waals surface area (Å²) in [5.74, 6) is 0.565. The molecule has 2 rings (SSSR count). The molecular formula is C11H11ClN4O3S2. The van der Waals surface area contributed by atoms with Crippen LogP contribution in [0.3, 0.4) is 0 Å². The first-order valence-electron chi connectivity index (χ1n) is 5.68. The molecule has 7 nitrogen and oxygen atoms in total. The molecule has 3 N–H and O–H groups in total. The molecule has 0 aliphatic carbocycles. The van der Waals surface area contributed by atoms with Crippen LogP contribution in [0.4, 0.5) is 0 Å². The summed E-state index contributed by atoms with van der Waals surface area (Å²) in [7, 11) is -3.85. The van der Waals surface area contributed by atoms with Gasteiger partial charge in [-0.2, -0.15) is 4.98 Å². The molecule has 0 bridgehead atoms. The Labute approximate surface area is 131 Å². The minimum Gasteiger partial charge on any atom is -0.389 e. The second-order valence-electron chi connectivity index (χ2n) is 4.06. The van der Waals surface area contributed by atoms with E-state index in [1.165, 1.54) is 12.1 Å². The lowest BCUT2D eigenvalue weighted by Crippen LogP contribution is -2.24. The van der Waals surface area contributed by atoms with E-state index in [0.29, 0.717) is 11.5 Å². The Morgan fingerprint density at radius 3 is 2.81 bits per heavy atom. The number of hydrogen-bond acceptors (Lipinski definition) is 6. The molecule has 0 amide bonds. The first-order valence-corrected chi connectivity index (χ1v) is 7.95. The van der Waals surface area contributed by atoms with Gasteiger partial charge in [-0.15, -0.1) is 0 Å². The van der Waals surface area contributed by atoms with Crippen molar-refractivity contribution in [2.45, 2.75) is 18.4 Å². The minimum atomic E-state index is -3.85. The van der Waals surface area contributed by atoms with Gasteiger partial charge in [0.25, 0.3) is 0 Å². The standard InChI is InChI=1S/C11H11ClN4O3S2/c1-6-15-10(16-19-6)5-14-21(17,18)9-4-7(11(13)20)2-3-8(9)12/h2-4,14H,5H2,1H3,(H2,13,20). The molecule has 10 heteroatoms.